The minimum absolute atomic E-state index is 0.0341. The highest BCUT2D eigenvalue weighted by molar-refractivity contribution is 5.84. The third-order valence-corrected chi connectivity index (χ3v) is 5.95. The molecule has 0 radical (unpaired) electrons. The van der Waals surface area contributed by atoms with E-state index >= 15 is 0 Å². The summed E-state index contributed by atoms with van der Waals surface area (Å²) in [5, 5.41) is 7.82. The number of aromatic nitrogens is 3. The SMILES string of the molecule is C#Cc1cc2cc(c1)-c1cnn3ccc(nc13)OC[C@@H]1CC(OCCOC)C(=O)N1CCN2. The third-order valence-electron chi connectivity index (χ3n) is 5.95. The molecule has 33 heavy (non-hydrogen) atoms. The molecule has 1 fully saturated rings. The van der Waals surface area contributed by atoms with Crippen LogP contribution in [0.25, 0.3) is 16.8 Å². The molecule has 2 aliphatic heterocycles. The van der Waals surface area contributed by atoms with Crippen LogP contribution in [0, 0.1) is 12.3 Å². The van der Waals surface area contributed by atoms with Gasteiger partial charge in [0, 0.05) is 55.7 Å². The number of hydrogen-bond acceptors (Lipinski definition) is 7. The van der Waals surface area contributed by atoms with Crippen molar-refractivity contribution in [1.29, 1.82) is 0 Å². The minimum atomic E-state index is -0.502. The Labute approximate surface area is 191 Å². The Kier molecular flexibility index (Phi) is 5.86. The van der Waals surface area contributed by atoms with Gasteiger partial charge >= 0.3 is 0 Å². The third kappa shape index (κ3) is 4.23. The van der Waals surface area contributed by atoms with Gasteiger partial charge in [-0.2, -0.15) is 10.1 Å². The van der Waals surface area contributed by atoms with Crippen molar-refractivity contribution in [3.63, 3.8) is 0 Å². The Morgan fingerprint density at radius 3 is 3.09 bits per heavy atom. The fourth-order valence-electron chi connectivity index (χ4n) is 4.31. The summed E-state index contributed by atoms with van der Waals surface area (Å²) in [6.07, 6.45) is 9.35. The predicted molar refractivity (Wildman–Crippen MR) is 122 cm³/mol. The van der Waals surface area contributed by atoms with Gasteiger partial charge in [-0.25, -0.2) is 4.52 Å². The first-order valence-electron chi connectivity index (χ1n) is 10.9. The lowest BCUT2D eigenvalue weighted by molar-refractivity contribution is -0.138. The van der Waals surface area contributed by atoms with Crippen LogP contribution in [-0.4, -0.2) is 77.6 Å². The number of benzene rings is 1. The van der Waals surface area contributed by atoms with E-state index in [0.29, 0.717) is 50.9 Å². The Hall–Kier alpha value is -3.61. The summed E-state index contributed by atoms with van der Waals surface area (Å²) in [6.45, 7) is 2.22. The lowest BCUT2D eigenvalue weighted by atomic mass is 10.0. The molecule has 2 aliphatic rings. The van der Waals surface area contributed by atoms with Crippen LogP contribution >= 0.6 is 0 Å². The van der Waals surface area contributed by atoms with E-state index in [9.17, 15) is 4.79 Å². The van der Waals surface area contributed by atoms with E-state index < -0.39 is 6.10 Å². The molecule has 2 aromatic heterocycles. The van der Waals surface area contributed by atoms with Gasteiger partial charge < -0.3 is 24.4 Å². The Morgan fingerprint density at radius 1 is 1.33 bits per heavy atom. The van der Waals surface area contributed by atoms with E-state index in [1.807, 2.05) is 29.3 Å². The second-order valence-electron chi connectivity index (χ2n) is 8.05. The summed E-state index contributed by atoms with van der Waals surface area (Å²) in [7, 11) is 1.61. The van der Waals surface area contributed by atoms with Crippen molar-refractivity contribution in [3.05, 3.63) is 42.2 Å². The number of nitrogens with zero attached hydrogens (tertiary/aromatic N) is 4. The number of rotatable bonds is 4. The standard InChI is InChI=1S/C24H25N5O4/c1-3-16-10-17-12-18(11-16)25-5-7-28-19(13-21(24(28)30)32-9-8-31-2)15-33-22-4-6-29-23(27-22)20(17)14-26-29/h1,4,6,10-12,14,19,21,25H,5,7-9,13,15H2,2H3/t19-,21?/m0/s1. The lowest BCUT2D eigenvalue weighted by Gasteiger charge is -2.25. The lowest BCUT2D eigenvalue weighted by Crippen LogP contribution is -2.41. The highest BCUT2D eigenvalue weighted by Gasteiger charge is 2.40. The number of amides is 1. The van der Waals surface area contributed by atoms with Crippen LogP contribution in [0.15, 0.2) is 36.7 Å². The number of carbonyl (C=O) groups excluding carboxylic acids is 1. The summed E-state index contributed by atoms with van der Waals surface area (Å²) in [4.78, 5) is 19.5. The number of fused-ring (bicyclic) bond motifs is 5. The summed E-state index contributed by atoms with van der Waals surface area (Å²) in [5.41, 5.74) is 4.06. The first-order valence-corrected chi connectivity index (χ1v) is 10.9. The Balaban J connectivity index is 1.49. The molecule has 0 spiro atoms. The van der Waals surface area contributed by atoms with E-state index in [4.69, 9.17) is 20.6 Å². The topological polar surface area (TPSA) is 90.2 Å². The van der Waals surface area contributed by atoms with Crippen molar-refractivity contribution < 1.29 is 19.0 Å². The first kappa shape index (κ1) is 21.2. The van der Waals surface area contributed by atoms with Gasteiger partial charge in [-0.3, -0.25) is 4.79 Å². The molecule has 3 aromatic rings. The van der Waals surface area contributed by atoms with Crippen molar-refractivity contribution in [3.8, 4) is 29.4 Å². The molecule has 9 nitrogen and oxygen atoms in total. The Bertz CT molecular complexity index is 1220. The average molecular weight is 447 g/mol. The van der Waals surface area contributed by atoms with Gasteiger partial charge in [0.1, 0.15) is 12.7 Å². The molecule has 1 unspecified atom stereocenters. The number of hydrogen-bond donors (Lipinski definition) is 1. The van der Waals surface area contributed by atoms with Crippen LogP contribution < -0.4 is 10.1 Å². The number of methoxy groups -OCH3 is 1. The fourth-order valence-corrected chi connectivity index (χ4v) is 4.31. The number of carbonyl (C=O) groups is 1. The van der Waals surface area contributed by atoms with Crippen molar-refractivity contribution in [1.82, 2.24) is 19.5 Å². The molecule has 1 N–H and O–H groups in total. The van der Waals surface area contributed by atoms with Gasteiger partial charge in [-0.05, 0) is 23.8 Å². The van der Waals surface area contributed by atoms with Crippen LogP contribution in [0.3, 0.4) is 0 Å². The number of ether oxygens (including phenoxy) is 3. The maximum Gasteiger partial charge on any atom is 0.252 e. The van der Waals surface area contributed by atoms with E-state index in [-0.39, 0.29) is 11.9 Å². The van der Waals surface area contributed by atoms with Crippen molar-refractivity contribution in [2.24, 2.45) is 0 Å². The summed E-state index contributed by atoms with van der Waals surface area (Å²) in [6, 6.07) is 7.52. The largest absolute Gasteiger partial charge is 0.475 e. The highest BCUT2D eigenvalue weighted by Crippen LogP contribution is 2.29. The van der Waals surface area contributed by atoms with Gasteiger partial charge in [0.2, 0.25) is 5.88 Å². The van der Waals surface area contributed by atoms with E-state index in [1.165, 1.54) is 0 Å². The quantitative estimate of drug-likeness (QED) is 0.482. The van der Waals surface area contributed by atoms with Crippen LogP contribution in [0.5, 0.6) is 5.88 Å². The second-order valence-corrected chi connectivity index (χ2v) is 8.05. The molecule has 4 bridgehead atoms. The number of anilines is 1. The molecule has 0 saturated carbocycles. The minimum Gasteiger partial charge on any atom is -0.475 e. The van der Waals surface area contributed by atoms with E-state index in [0.717, 1.165) is 22.4 Å². The maximum atomic E-state index is 13.0. The molecule has 2 atom stereocenters. The zero-order chi connectivity index (χ0) is 22.8. The molecule has 5 rings (SSSR count). The van der Waals surface area contributed by atoms with E-state index in [2.05, 4.69) is 21.3 Å². The van der Waals surface area contributed by atoms with Gasteiger partial charge in [-0.1, -0.05) is 5.92 Å². The van der Waals surface area contributed by atoms with Gasteiger partial charge in [0.25, 0.3) is 5.91 Å². The summed E-state index contributed by atoms with van der Waals surface area (Å²) in [5.74, 6) is 3.15. The smallest absolute Gasteiger partial charge is 0.252 e. The molecule has 4 heterocycles. The van der Waals surface area contributed by atoms with Crippen LogP contribution in [0.1, 0.15) is 12.0 Å². The van der Waals surface area contributed by atoms with Crippen molar-refractivity contribution in [2.75, 3.05) is 45.3 Å². The van der Waals surface area contributed by atoms with Gasteiger partial charge in [0.15, 0.2) is 5.65 Å². The van der Waals surface area contributed by atoms with Crippen LogP contribution in [-0.2, 0) is 14.3 Å². The normalized spacial score (nSPS) is 20.1. The van der Waals surface area contributed by atoms with Gasteiger partial charge in [0.05, 0.1) is 25.5 Å². The van der Waals surface area contributed by atoms with Crippen LogP contribution in [0.2, 0.25) is 0 Å². The van der Waals surface area contributed by atoms with Crippen molar-refractivity contribution >= 4 is 17.2 Å². The Morgan fingerprint density at radius 2 is 2.24 bits per heavy atom. The molecule has 1 saturated heterocycles. The number of terminal acetylenes is 1. The van der Waals surface area contributed by atoms with E-state index in [1.54, 1.807) is 23.9 Å². The zero-order valence-electron chi connectivity index (χ0n) is 18.4. The molecule has 1 aromatic carbocycles. The van der Waals surface area contributed by atoms with Gasteiger partial charge in [-0.15, -0.1) is 6.42 Å². The molecular weight excluding hydrogens is 422 g/mol. The average Bonchev–Trinajstić information content (AvgIpc) is 3.38. The molecule has 9 heteroatoms. The first-order chi connectivity index (χ1) is 16.2. The molecule has 0 aliphatic carbocycles. The molecular formula is C24H25N5O4. The summed E-state index contributed by atoms with van der Waals surface area (Å²) >= 11 is 0. The molecule has 170 valence electrons. The molecule has 1 amide bonds. The second kappa shape index (κ2) is 9.10. The number of nitrogens with one attached hydrogen (secondary N) is 1. The monoisotopic (exact) mass is 447 g/mol. The fraction of sp³-hybridized carbons (Fsp3) is 0.375. The summed E-state index contributed by atoms with van der Waals surface area (Å²) < 4.78 is 18.6. The van der Waals surface area contributed by atoms with Crippen molar-refractivity contribution in [2.45, 2.75) is 18.6 Å². The zero-order valence-corrected chi connectivity index (χ0v) is 18.4. The van der Waals surface area contributed by atoms with Crippen LogP contribution in [0.4, 0.5) is 5.69 Å². The maximum absolute atomic E-state index is 13.0. The highest BCUT2D eigenvalue weighted by atomic mass is 16.5. The predicted octanol–water partition coefficient (Wildman–Crippen LogP) is 1.81.